The number of piperidine rings is 1. The standard InChI is InChI=1S/C16H31NO2/c1-3-5-6-7-8-9-13-19-15(18)16(4-2)11-10-12-17-14-16/h17H,3-14H2,1-2H3. The van der Waals surface area contributed by atoms with Crippen molar-refractivity contribution < 1.29 is 9.53 Å². The maximum atomic E-state index is 12.2. The Labute approximate surface area is 118 Å². The van der Waals surface area contributed by atoms with Crippen LogP contribution < -0.4 is 5.32 Å². The maximum absolute atomic E-state index is 12.2. The smallest absolute Gasteiger partial charge is 0.313 e. The van der Waals surface area contributed by atoms with E-state index in [1.54, 1.807) is 0 Å². The summed E-state index contributed by atoms with van der Waals surface area (Å²) in [6.07, 6.45) is 10.3. The summed E-state index contributed by atoms with van der Waals surface area (Å²) in [5, 5.41) is 3.33. The minimum atomic E-state index is -0.250. The average molecular weight is 269 g/mol. The van der Waals surface area contributed by atoms with Crippen molar-refractivity contribution in [1.29, 1.82) is 0 Å². The van der Waals surface area contributed by atoms with Gasteiger partial charge in [0.2, 0.25) is 0 Å². The van der Waals surface area contributed by atoms with E-state index in [0.29, 0.717) is 6.61 Å². The Bertz CT molecular complexity index is 247. The van der Waals surface area contributed by atoms with Crippen molar-refractivity contribution >= 4 is 5.97 Å². The third kappa shape index (κ3) is 5.52. The molecule has 1 heterocycles. The molecule has 1 N–H and O–H groups in total. The lowest BCUT2D eigenvalue weighted by Gasteiger charge is -2.34. The van der Waals surface area contributed by atoms with Gasteiger partial charge in [0.15, 0.2) is 0 Å². The van der Waals surface area contributed by atoms with Crippen molar-refractivity contribution in [3.63, 3.8) is 0 Å². The summed E-state index contributed by atoms with van der Waals surface area (Å²) in [6, 6.07) is 0. The summed E-state index contributed by atoms with van der Waals surface area (Å²) in [4.78, 5) is 12.2. The molecule has 3 heteroatoms. The molecular weight excluding hydrogens is 238 g/mol. The zero-order valence-electron chi connectivity index (χ0n) is 12.8. The molecule has 19 heavy (non-hydrogen) atoms. The monoisotopic (exact) mass is 269 g/mol. The van der Waals surface area contributed by atoms with Crippen LogP contribution >= 0.6 is 0 Å². The summed E-state index contributed by atoms with van der Waals surface area (Å²) < 4.78 is 5.50. The Morgan fingerprint density at radius 1 is 1.16 bits per heavy atom. The highest BCUT2D eigenvalue weighted by Gasteiger charge is 2.39. The quantitative estimate of drug-likeness (QED) is 0.512. The van der Waals surface area contributed by atoms with E-state index < -0.39 is 0 Å². The molecule has 1 rings (SSSR count). The van der Waals surface area contributed by atoms with Gasteiger partial charge in [0, 0.05) is 6.54 Å². The normalized spacial score (nSPS) is 23.3. The fraction of sp³-hybridized carbons (Fsp3) is 0.938. The molecule has 1 atom stereocenters. The van der Waals surface area contributed by atoms with Crippen molar-refractivity contribution in [2.24, 2.45) is 5.41 Å². The second-order valence-corrected chi connectivity index (χ2v) is 5.82. The third-order valence-electron chi connectivity index (χ3n) is 4.31. The van der Waals surface area contributed by atoms with Crippen LogP contribution in [0.4, 0.5) is 0 Å². The van der Waals surface area contributed by atoms with E-state index >= 15 is 0 Å². The van der Waals surface area contributed by atoms with Crippen LogP contribution in [0.2, 0.25) is 0 Å². The molecule has 1 aliphatic heterocycles. The second kappa shape index (κ2) is 9.35. The van der Waals surface area contributed by atoms with Gasteiger partial charge in [-0.15, -0.1) is 0 Å². The van der Waals surface area contributed by atoms with E-state index in [1.165, 1.54) is 32.1 Å². The fourth-order valence-electron chi connectivity index (χ4n) is 2.79. The summed E-state index contributed by atoms with van der Waals surface area (Å²) >= 11 is 0. The van der Waals surface area contributed by atoms with Gasteiger partial charge in [0.05, 0.1) is 12.0 Å². The summed E-state index contributed by atoms with van der Waals surface area (Å²) in [6.45, 7) is 6.75. The van der Waals surface area contributed by atoms with Gasteiger partial charge < -0.3 is 10.1 Å². The van der Waals surface area contributed by atoms with Gasteiger partial charge in [-0.3, -0.25) is 4.79 Å². The molecule has 0 radical (unpaired) electrons. The topological polar surface area (TPSA) is 38.3 Å². The Balaban J connectivity index is 2.15. The molecule has 1 aliphatic rings. The number of ether oxygens (including phenoxy) is 1. The predicted molar refractivity (Wildman–Crippen MR) is 79.2 cm³/mol. The number of rotatable bonds is 9. The predicted octanol–water partition coefficient (Wildman–Crippen LogP) is 3.67. The molecule has 0 amide bonds. The minimum absolute atomic E-state index is 0.0239. The molecule has 0 aromatic heterocycles. The van der Waals surface area contributed by atoms with Crippen molar-refractivity contribution in [2.75, 3.05) is 19.7 Å². The Morgan fingerprint density at radius 3 is 2.53 bits per heavy atom. The third-order valence-corrected chi connectivity index (χ3v) is 4.31. The highest BCUT2D eigenvalue weighted by Crippen LogP contribution is 2.31. The zero-order chi connectivity index (χ0) is 14.0. The van der Waals surface area contributed by atoms with Crippen molar-refractivity contribution in [1.82, 2.24) is 5.32 Å². The summed E-state index contributed by atoms with van der Waals surface area (Å²) in [7, 11) is 0. The van der Waals surface area contributed by atoms with Crippen LogP contribution in [0.5, 0.6) is 0 Å². The minimum Gasteiger partial charge on any atom is -0.465 e. The lowest BCUT2D eigenvalue weighted by Crippen LogP contribution is -2.46. The van der Waals surface area contributed by atoms with Gasteiger partial charge in [-0.05, 0) is 32.2 Å². The van der Waals surface area contributed by atoms with Crippen LogP contribution in [0.25, 0.3) is 0 Å². The van der Waals surface area contributed by atoms with E-state index in [2.05, 4.69) is 19.2 Å². The fourth-order valence-corrected chi connectivity index (χ4v) is 2.79. The van der Waals surface area contributed by atoms with Gasteiger partial charge in [-0.1, -0.05) is 46.0 Å². The molecule has 0 aromatic carbocycles. The largest absolute Gasteiger partial charge is 0.465 e. The Morgan fingerprint density at radius 2 is 1.89 bits per heavy atom. The van der Waals surface area contributed by atoms with Crippen LogP contribution in [0.15, 0.2) is 0 Å². The number of esters is 1. The van der Waals surface area contributed by atoms with Crippen LogP contribution in [0, 0.1) is 5.41 Å². The van der Waals surface area contributed by atoms with Crippen LogP contribution in [0.1, 0.15) is 71.6 Å². The first-order valence-electron chi connectivity index (χ1n) is 8.13. The summed E-state index contributed by atoms with van der Waals surface area (Å²) in [5.74, 6) is 0.0239. The van der Waals surface area contributed by atoms with E-state index in [0.717, 1.165) is 38.8 Å². The molecule has 0 spiro atoms. The molecule has 112 valence electrons. The van der Waals surface area contributed by atoms with Crippen molar-refractivity contribution in [2.45, 2.75) is 71.6 Å². The molecule has 1 unspecified atom stereocenters. The van der Waals surface area contributed by atoms with Crippen LogP contribution in [-0.2, 0) is 9.53 Å². The number of hydrogen-bond acceptors (Lipinski definition) is 3. The van der Waals surface area contributed by atoms with Crippen molar-refractivity contribution in [3.8, 4) is 0 Å². The van der Waals surface area contributed by atoms with E-state index in [4.69, 9.17) is 4.74 Å². The van der Waals surface area contributed by atoms with Crippen LogP contribution in [-0.4, -0.2) is 25.7 Å². The lowest BCUT2D eigenvalue weighted by atomic mass is 9.78. The summed E-state index contributed by atoms with van der Waals surface area (Å²) in [5.41, 5.74) is -0.250. The van der Waals surface area contributed by atoms with Gasteiger partial charge >= 0.3 is 5.97 Å². The van der Waals surface area contributed by atoms with E-state index in [9.17, 15) is 4.79 Å². The zero-order valence-corrected chi connectivity index (χ0v) is 12.8. The van der Waals surface area contributed by atoms with Gasteiger partial charge in [-0.25, -0.2) is 0 Å². The molecule has 0 saturated carbocycles. The lowest BCUT2D eigenvalue weighted by molar-refractivity contribution is -0.157. The van der Waals surface area contributed by atoms with Gasteiger partial charge in [0.25, 0.3) is 0 Å². The SMILES string of the molecule is CCCCCCCCOC(=O)C1(CC)CCCNC1. The van der Waals surface area contributed by atoms with Gasteiger partial charge in [0.1, 0.15) is 0 Å². The number of unbranched alkanes of at least 4 members (excludes halogenated alkanes) is 5. The molecule has 0 aromatic rings. The molecule has 1 saturated heterocycles. The molecule has 0 bridgehead atoms. The Hall–Kier alpha value is -0.570. The highest BCUT2D eigenvalue weighted by atomic mass is 16.5. The van der Waals surface area contributed by atoms with E-state index in [-0.39, 0.29) is 11.4 Å². The number of carbonyl (C=O) groups excluding carboxylic acids is 1. The molecule has 0 aliphatic carbocycles. The molecule has 1 fully saturated rings. The number of carbonyl (C=O) groups is 1. The Kier molecular flexibility index (Phi) is 8.11. The number of hydrogen-bond donors (Lipinski definition) is 1. The second-order valence-electron chi connectivity index (χ2n) is 5.82. The van der Waals surface area contributed by atoms with E-state index in [1.807, 2.05) is 0 Å². The number of nitrogens with one attached hydrogen (secondary N) is 1. The van der Waals surface area contributed by atoms with Crippen LogP contribution in [0.3, 0.4) is 0 Å². The van der Waals surface area contributed by atoms with Gasteiger partial charge in [-0.2, -0.15) is 0 Å². The maximum Gasteiger partial charge on any atom is 0.313 e. The van der Waals surface area contributed by atoms with Crippen molar-refractivity contribution in [3.05, 3.63) is 0 Å². The molecule has 3 nitrogen and oxygen atoms in total. The first-order valence-corrected chi connectivity index (χ1v) is 8.13. The first kappa shape index (κ1) is 16.5. The first-order chi connectivity index (χ1) is 9.25. The highest BCUT2D eigenvalue weighted by molar-refractivity contribution is 5.77. The molecular formula is C16H31NO2. The average Bonchev–Trinajstić information content (AvgIpc) is 2.46.